The van der Waals surface area contributed by atoms with Gasteiger partial charge in [-0.3, -0.25) is 4.79 Å². The van der Waals surface area contributed by atoms with E-state index in [4.69, 9.17) is 5.73 Å². The molecule has 2 aromatic rings. The van der Waals surface area contributed by atoms with Gasteiger partial charge in [0.25, 0.3) is 0 Å². The lowest BCUT2D eigenvalue weighted by molar-refractivity contribution is -0.138. The molecule has 0 aliphatic heterocycles. The zero-order valence-corrected chi connectivity index (χ0v) is 10.6. The van der Waals surface area contributed by atoms with E-state index in [1.54, 1.807) is 17.8 Å². The molecule has 20 heavy (non-hydrogen) atoms. The monoisotopic (exact) mass is 283 g/mol. The van der Waals surface area contributed by atoms with Gasteiger partial charge in [-0.05, 0) is 17.7 Å². The largest absolute Gasteiger partial charge is 0.416 e. The van der Waals surface area contributed by atoms with Crippen LogP contribution in [0.15, 0.2) is 30.7 Å². The molecule has 0 unspecified atom stereocenters. The van der Waals surface area contributed by atoms with E-state index in [0.29, 0.717) is 5.69 Å². The molecule has 0 aliphatic rings. The molecule has 2 N–H and O–H groups in total. The quantitative estimate of drug-likeness (QED) is 0.938. The van der Waals surface area contributed by atoms with Gasteiger partial charge in [0.05, 0.1) is 17.6 Å². The number of nitrogens with zero attached hydrogens (tertiary/aromatic N) is 2. The van der Waals surface area contributed by atoms with Crippen LogP contribution >= 0.6 is 0 Å². The highest BCUT2D eigenvalue weighted by molar-refractivity contribution is 5.94. The highest BCUT2D eigenvalue weighted by Crippen LogP contribution is 2.34. The van der Waals surface area contributed by atoms with Crippen LogP contribution < -0.4 is 5.73 Å². The normalized spacial score (nSPS) is 11.6. The van der Waals surface area contributed by atoms with Gasteiger partial charge in [0.15, 0.2) is 0 Å². The van der Waals surface area contributed by atoms with Crippen molar-refractivity contribution in [1.82, 2.24) is 9.55 Å². The molecule has 7 heteroatoms. The van der Waals surface area contributed by atoms with Gasteiger partial charge >= 0.3 is 6.18 Å². The van der Waals surface area contributed by atoms with Crippen LogP contribution in [0.3, 0.4) is 0 Å². The molecular weight excluding hydrogens is 271 g/mol. The zero-order chi connectivity index (χ0) is 14.9. The number of carbonyl (C=O) groups excluding carboxylic acids is 1. The molecule has 4 nitrogen and oxygen atoms in total. The van der Waals surface area contributed by atoms with Crippen molar-refractivity contribution in [3.8, 4) is 0 Å². The number of carbonyl (C=O) groups is 1. The molecule has 1 amide bonds. The van der Waals surface area contributed by atoms with Crippen LogP contribution in [0.25, 0.3) is 0 Å². The Morgan fingerprint density at radius 1 is 1.40 bits per heavy atom. The fourth-order valence-corrected chi connectivity index (χ4v) is 2.01. The van der Waals surface area contributed by atoms with E-state index in [2.05, 4.69) is 4.98 Å². The maximum atomic E-state index is 13.0. The summed E-state index contributed by atoms with van der Waals surface area (Å²) < 4.78 is 40.7. The first-order chi connectivity index (χ1) is 9.29. The first kappa shape index (κ1) is 14.1. The summed E-state index contributed by atoms with van der Waals surface area (Å²) in [5, 5.41) is 0. The third-order valence-electron chi connectivity index (χ3n) is 2.86. The molecule has 0 saturated heterocycles. The fraction of sp³-hybridized carbons (Fsp3) is 0.231. The number of hydrogen-bond donors (Lipinski definition) is 1. The topological polar surface area (TPSA) is 60.9 Å². The Balaban J connectivity index is 2.55. The van der Waals surface area contributed by atoms with E-state index in [1.807, 2.05) is 0 Å². The third kappa shape index (κ3) is 2.81. The lowest BCUT2D eigenvalue weighted by Gasteiger charge is -2.14. The van der Waals surface area contributed by atoms with E-state index in [0.717, 1.165) is 6.07 Å². The maximum Gasteiger partial charge on any atom is 0.416 e. The van der Waals surface area contributed by atoms with Crippen molar-refractivity contribution in [1.29, 1.82) is 0 Å². The second-order valence-electron chi connectivity index (χ2n) is 4.40. The Labute approximate surface area is 113 Å². The maximum absolute atomic E-state index is 13.0. The summed E-state index contributed by atoms with van der Waals surface area (Å²) in [6.45, 7) is 0. The van der Waals surface area contributed by atoms with Gasteiger partial charge in [-0.2, -0.15) is 13.2 Å². The number of primary amides is 1. The van der Waals surface area contributed by atoms with Gasteiger partial charge < -0.3 is 10.3 Å². The highest BCUT2D eigenvalue weighted by atomic mass is 19.4. The number of amides is 1. The molecular formula is C13H12F3N3O. The van der Waals surface area contributed by atoms with E-state index < -0.39 is 17.6 Å². The molecule has 0 atom stereocenters. The number of nitrogens with two attached hydrogens (primary N) is 1. The Morgan fingerprint density at radius 3 is 2.60 bits per heavy atom. The SMILES string of the molecule is Cn1cnc(Cc2c(C(N)=O)cccc2C(F)(F)F)c1. The van der Waals surface area contributed by atoms with Crippen molar-refractivity contribution < 1.29 is 18.0 Å². The number of hydrogen-bond acceptors (Lipinski definition) is 2. The Kier molecular flexibility index (Phi) is 3.52. The first-order valence-corrected chi connectivity index (χ1v) is 5.74. The van der Waals surface area contributed by atoms with E-state index in [1.165, 1.54) is 18.5 Å². The van der Waals surface area contributed by atoms with Crippen LogP contribution in [0.2, 0.25) is 0 Å². The number of aromatic nitrogens is 2. The summed E-state index contributed by atoms with van der Waals surface area (Å²) in [5.74, 6) is -0.887. The molecule has 1 heterocycles. The second-order valence-corrected chi connectivity index (χ2v) is 4.40. The molecule has 0 fully saturated rings. The third-order valence-corrected chi connectivity index (χ3v) is 2.86. The minimum absolute atomic E-state index is 0.102. The van der Waals surface area contributed by atoms with Gasteiger partial charge in [-0.15, -0.1) is 0 Å². The summed E-state index contributed by atoms with van der Waals surface area (Å²) in [6, 6.07) is 3.39. The van der Waals surface area contributed by atoms with Crippen molar-refractivity contribution in [3.05, 3.63) is 53.1 Å². The summed E-state index contributed by atoms with van der Waals surface area (Å²) in [6.07, 6.45) is -1.57. The average Bonchev–Trinajstić information content (AvgIpc) is 2.73. The molecule has 2 rings (SSSR count). The minimum atomic E-state index is -4.55. The first-order valence-electron chi connectivity index (χ1n) is 5.74. The van der Waals surface area contributed by atoms with Crippen molar-refractivity contribution >= 4 is 5.91 Å². The Morgan fingerprint density at radius 2 is 2.10 bits per heavy atom. The van der Waals surface area contributed by atoms with Crippen LogP contribution in [-0.2, 0) is 19.6 Å². The summed E-state index contributed by atoms with van der Waals surface area (Å²) in [5.41, 5.74) is 4.45. The Hall–Kier alpha value is -2.31. The van der Waals surface area contributed by atoms with Gasteiger partial charge in [0.1, 0.15) is 0 Å². The van der Waals surface area contributed by atoms with Crippen molar-refractivity contribution in [3.63, 3.8) is 0 Å². The van der Waals surface area contributed by atoms with Crippen LogP contribution in [0.4, 0.5) is 13.2 Å². The smallest absolute Gasteiger partial charge is 0.366 e. The number of halogens is 3. The summed E-state index contributed by atoms with van der Waals surface area (Å²) >= 11 is 0. The molecule has 0 spiro atoms. The predicted molar refractivity (Wildman–Crippen MR) is 66.0 cm³/mol. The number of alkyl halides is 3. The van der Waals surface area contributed by atoms with Crippen molar-refractivity contribution in [2.75, 3.05) is 0 Å². The molecule has 1 aromatic carbocycles. The average molecular weight is 283 g/mol. The van der Waals surface area contributed by atoms with Crippen LogP contribution in [0.5, 0.6) is 0 Å². The van der Waals surface area contributed by atoms with E-state index >= 15 is 0 Å². The predicted octanol–water partition coefficient (Wildman–Crippen LogP) is 2.13. The lowest BCUT2D eigenvalue weighted by atomic mass is 9.96. The zero-order valence-electron chi connectivity index (χ0n) is 10.6. The van der Waals surface area contributed by atoms with E-state index in [-0.39, 0.29) is 17.5 Å². The number of rotatable bonds is 3. The number of benzene rings is 1. The number of aryl methyl sites for hydroxylation is 1. The van der Waals surface area contributed by atoms with Gasteiger partial charge in [-0.1, -0.05) is 6.07 Å². The Bertz CT molecular complexity index is 647. The van der Waals surface area contributed by atoms with Gasteiger partial charge in [0.2, 0.25) is 5.91 Å². The molecule has 0 bridgehead atoms. The van der Waals surface area contributed by atoms with Crippen molar-refractivity contribution in [2.45, 2.75) is 12.6 Å². The van der Waals surface area contributed by atoms with Gasteiger partial charge in [-0.25, -0.2) is 4.98 Å². The van der Waals surface area contributed by atoms with Crippen LogP contribution in [-0.4, -0.2) is 15.5 Å². The van der Waals surface area contributed by atoms with Gasteiger partial charge in [0, 0.05) is 25.2 Å². The van der Waals surface area contributed by atoms with E-state index in [9.17, 15) is 18.0 Å². The fourth-order valence-electron chi connectivity index (χ4n) is 2.01. The summed E-state index contributed by atoms with van der Waals surface area (Å²) in [7, 11) is 1.71. The molecule has 0 saturated carbocycles. The van der Waals surface area contributed by atoms with Crippen LogP contribution in [0, 0.1) is 0 Å². The van der Waals surface area contributed by atoms with Crippen molar-refractivity contribution in [2.24, 2.45) is 12.8 Å². The summed E-state index contributed by atoms with van der Waals surface area (Å²) in [4.78, 5) is 15.3. The minimum Gasteiger partial charge on any atom is -0.366 e. The number of imidazole rings is 1. The highest BCUT2D eigenvalue weighted by Gasteiger charge is 2.34. The molecule has 106 valence electrons. The molecule has 0 aliphatic carbocycles. The second kappa shape index (κ2) is 4.99. The molecule has 1 aromatic heterocycles. The standard InChI is InChI=1S/C13H12F3N3O/c1-19-6-8(18-7-19)5-10-9(12(17)20)3-2-4-11(10)13(14,15)16/h2-4,6-7H,5H2,1H3,(H2,17,20). The molecule has 0 radical (unpaired) electrons. The van der Waals surface area contributed by atoms with Crippen LogP contribution in [0.1, 0.15) is 27.2 Å². The lowest BCUT2D eigenvalue weighted by Crippen LogP contribution is -2.18.